The van der Waals surface area contributed by atoms with Crippen LogP contribution in [0.25, 0.3) is 6.08 Å². The molecular formula is C16H19N3O. The molecule has 0 atom stereocenters. The lowest BCUT2D eigenvalue weighted by Crippen LogP contribution is -2.07. The number of hydrogen-bond donors (Lipinski definition) is 2. The maximum absolute atomic E-state index is 11.8. The lowest BCUT2D eigenvalue weighted by Gasteiger charge is -2.01. The van der Waals surface area contributed by atoms with E-state index >= 15 is 0 Å². The van der Waals surface area contributed by atoms with Crippen molar-refractivity contribution in [3.63, 3.8) is 0 Å². The first-order valence-corrected chi connectivity index (χ1v) is 6.69. The second-order valence-electron chi connectivity index (χ2n) is 4.81. The first-order chi connectivity index (χ1) is 9.58. The van der Waals surface area contributed by atoms with Crippen molar-refractivity contribution < 1.29 is 4.79 Å². The summed E-state index contributed by atoms with van der Waals surface area (Å²) in [6.45, 7) is 6.11. The van der Waals surface area contributed by atoms with E-state index in [-0.39, 0.29) is 5.91 Å². The van der Waals surface area contributed by atoms with E-state index in [1.54, 1.807) is 0 Å². The van der Waals surface area contributed by atoms with Crippen molar-refractivity contribution in [2.24, 2.45) is 0 Å². The third kappa shape index (κ3) is 3.57. The smallest absolute Gasteiger partial charge is 0.249 e. The van der Waals surface area contributed by atoms with Crippen molar-refractivity contribution in [3.8, 4) is 0 Å². The van der Waals surface area contributed by atoms with Crippen molar-refractivity contribution in [2.45, 2.75) is 27.2 Å². The summed E-state index contributed by atoms with van der Waals surface area (Å²) in [5.74, 6) is 0.372. The van der Waals surface area contributed by atoms with Crippen LogP contribution in [-0.4, -0.2) is 16.1 Å². The lowest BCUT2D eigenvalue weighted by atomic mass is 10.1. The summed E-state index contributed by atoms with van der Waals surface area (Å²) in [4.78, 5) is 11.8. The third-order valence-electron chi connectivity index (χ3n) is 3.10. The Balaban J connectivity index is 2.01. The molecule has 0 spiro atoms. The maximum Gasteiger partial charge on any atom is 0.249 e. The van der Waals surface area contributed by atoms with Gasteiger partial charge in [-0.05, 0) is 37.5 Å². The minimum absolute atomic E-state index is 0.181. The maximum atomic E-state index is 11.8. The molecule has 2 aromatic rings. The van der Waals surface area contributed by atoms with E-state index in [0.29, 0.717) is 5.82 Å². The second-order valence-corrected chi connectivity index (χ2v) is 4.81. The van der Waals surface area contributed by atoms with E-state index in [0.717, 1.165) is 23.2 Å². The first-order valence-electron chi connectivity index (χ1n) is 6.69. The molecule has 0 unspecified atom stereocenters. The Morgan fingerprint density at radius 3 is 2.80 bits per heavy atom. The lowest BCUT2D eigenvalue weighted by molar-refractivity contribution is -0.111. The van der Waals surface area contributed by atoms with Crippen LogP contribution in [0.4, 0.5) is 5.82 Å². The second kappa shape index (κ2) is 6.19. The molecule has 104 valence electrons. The number of aryl methyl sites for hydroxylation is 3. The van der Waals surface area contributed by atoms with E-state index in [1.807, 2.05) is 38.1 Å². The van der Waals surface area contributed by atoms with Gasteiger partial charge in [-0.15, -0.1) is 0 Å². The highest BCUT2D eigenvalue weighted by Gasteiger charge is 2.02. The monoisotopic (exact) mass is 269 g/mol. The summed E-state index contributed by atoms with van der Waals surface area (Å²) in [5.41, 5.74) is 4.41. The number of benzene rings is 1. The zero-order valence-corrected chi connectivity index (χ0v) is 12.0. The Morgan fingerprint density at radius 2 is 2.15 bits per heavy atom. The van der Waals surface area contributed by atoms with Crippen LogP contribution < -0.4 is 5.32 Å². The van der Waals surface area contributed by atoms with Gasteiger partial charge in [-0.1, -0.05) is 30.7 Å². The molecule has 2 rings (SSSR count). The fourth-order valence-electron chi connectivity index (χ4n) is 1.95. The molecule has 1 heterocycles. The fourth-order valence-corrected chi connectivity index (χ4v) is 1.95. The molecule has 4 heteroatoms. The van der Waals surface area contributed by atoms with Gasteiger partial charge in [-0.2, -0.15) is 5.10 Å². The quantitative estimate of drug-likeness (QED) is 0.837. The van der Waals surface area contributed by atoms with Gasteiger partial charge >= 0.3 is 0 Å². The number of nitrogens with one attached hydrogen (secondary N) is 2. The molecule has 0 aliphatic heterocycles. The van der Waals surface area contributed by atoms with E-state index in [9.17, 15) is 4.79 Å². The highest BCUT2D eigenvalue weighted by Crippen LogP contribution is 2.12. The minimum Gasteiger partial charge on any atom is -0.306 e. The van der Waals surface area contributed by atoms with Gasteiger partial charge in [-0.3, -0.25) is 9.89 Å². The number of amides is 1. The van der Waals surface area contributed by atoms with Crippen LogP contribution in [0.5, 0.6) is 0 Å². The third-order valence-corrected chi connectivity index (χ3v) is 3.10. The molecule has 0 bridgehead atoms. The van der Waals surface area contributed by atoms with Crippen molar-refractivity contribution in [2.75, 3.05) is 5.32 Å². The zero-order chi connectivity index (χ0) is 14.5. The van der Waals surface area contributed by atoms with Gasteiger partial charge < -0.3 is 5.32 Å². The van der Waals surface area contributed by atoms with Crippen LogP contribution in [-0.2, 0) is 11.2 Å². The predicted octanol–water partition coefficient (Wildman–Crippen LogP) is 3.24. The molecule has 0 saturated heterocycles. The molecule has 0 fully saturated rings. The number of carbonyl (C=O) groups excluding carboxylic acids is 1. The number of H-pyrrole nitrogens is 1. The first kappa shape index (κ1) is 14.1. The van der Waals surface area contributed by atoms with E-state index in [4.69, 9.17) is 0 Å². The van der Waals surface area contributed by atoms with Crippen molar-refractivity contribution in [3.05, 3.63) is 52.7 Å². The van der Waals surface area contributed by atoms with Crippen LogP contribution in [0.2, 0.25) is 0 Å². The van der Waals surface area contributed by atoms with Gasteiger partial charge in [-0.25, -0.2) is 0 Å². The van der Waals surface area contributed by atoms with Gasteiger partial charge in [0, 0.05) is 17.8 Å². The van der Waals surface area contributed by atoms with Gasteiger partial charge in [0.1, 0.15) is 0 Å². The van der Waals surface area contributed by atoms with Crippen molar-refractivity contribution in [1.29, 1.82) is 0 Å². The summed E-state index contributed by atoms with van der Waals surface area (Å²) < 4.78 is 0. The SMILES string of the molecule is CCc1cc(NC(=O)/C=C/c2ccc(C)cc2C)n[nH]1. The van der Waals surface area contributed by atoms with Crippen molar-refractivity contribution in [1.82, 2.24) is 10.2 Å². The van der Waals surface area contributed by atoms with Crippen LogP contribution in [0, 0.1) is 13.8 Å². The normalized spacial score (nSPS) is 10.9. The summed E-state index contributed by atoms with van der Waals surface area (Å²) in [6.07, 6.45) is 4.21. The Hall–Kier alpha value is -2.36. The molecule has 20 heavy (non-hydrogen) atoms. The molecule has 1 aromatic carbocycles. The summed E-state index contributed by atoms with van der Waals surface area (Å²) in [6, 6.07) is 7.98. The molecule has 0 radical (unpaired) electrons. The molecule has 0 saturated carbocycles. The number of carbonyl (C=O) groups is 1. The average molecular weight is 269 g/mol. The Morgan fingerprint density at radius 1 is 1.35 bits per heavy atom. The summed E-state index contributed by atoms with van der Waals surface area (Å²) >= 11 is 0. The Bertz CT molecular complexity index is 641. The molecule has 2 N–H and O–H groups in total. The minimum atomic E-state index is -0.181. The number of rotatable bonds is 4. The molecule has 0 aliphatic carbocycles. The van der Waals surface area contributed by atoms with E-state index < -0.39 is 0 Å². The van der Waals surface area contributed by atoms with Gasteiger partial charge in [0.05, 0.1) is 0 Å². The van der Waals surface area contributed by atoms with Gasteiger partial charge in [0.25, 0.3) is 0 Å². The van der Waals surface area contributed by atoms with Crippen LogP contribution in [0.1, 0.15) is 29.3 Å². The van der Waals surface area contributed by atoms with Crippen molar-refractivity contribution >= 4 is 17.8 Å². The van der Waals surface area contributed by atoms with Gasteiger partial charge in [0.15, 0.2) is 5.82 Å². The molecule has 0 aliphatic rings. The predicted molar refractivity (Wildman–Crippen MR) is 81.5 cm³/mol. The van der Waals surface area contributed by atoms with Crippen LogP contribution in [0.3, 0.4) is 0 Å². The molecule has 1 amide bonds. The fraction of sp³-hybridized carbons (Fsp3) is 0.250. The van der Waals surface area contributed by atoms with E-state index in [1.165, 1.54) is 11.6 Å². The molecule has 1 aromatic heterocycles. The Kier molecular flexibility index (Phi) is 4.35. The number of hydrogen-bond acceptors (Lipinski definition) is 2. The van der Waals surface area contributed by atoms with Crippen LogP contribution >= 0.6 is 0 Å². The topological polar surface area (TPSA) is 57.8 Å². The highest BCUT2D eigenvalue weighted by molar-refractivity contribution is 6.01. The Labute approximate surface area is 118 Å². The molecular weight excluding hydrogens is 250 g/mol. The standard InChI is InChI=1S/C16H19N3O/c1-4-14-10-15(19-18-14)17-16(20)8-7-13-6-5-11(2)9-12(13)3/h5-10H,4H2,1-3H3,(H2,17,18,19,20)/b8-7+. The van der Waals surface area contributed by atoms with E-state index in [2.05, 4.69) is 28.5 Å². The van der Waals surface area contributed by atoms with Crippen LogP contribution in [0.15, 0.2) is 30.3 Å². The summed E-state index contributed by atoms with van der Waals surface area (Å²) in [5, 5.41) is 9.61. The molecule has 4 nitrogen and oxygen atoms in total. The number of aromatic nitrogens is 2. The number of nitrogens with zero attached hydrogens (tertiary/aromatic N) is 1. The highest BCUT2D eigenvalue weighted by atomic mass is 16.1. The largest absolute Gasteiger partial charge is 0.306 e. The number of anilines is 1. The van der Waals surface area contributed by atoms with Gasteiger partial charge in [0.2, 0.25) is 5.91 Å². The average Bonchev–Trinajstić information content (AvgIpc) is 2.85. The zero-order valence-electron chi connectivity index (χ0n) is 12.0. The number of aromatic amines is 1. The summed E-state index contributed by atoms with van der Waals surface area (Å²) in [7, 11) is 0.